The summed E-state index contributed by atoms with van der Waals surface area (Å²) in [6.07, 6.45) is 1.80. The number of ether oxygens (including phenoxy) is 2. The zero-order chi connectivity index (χ0) is 20.8. The topological polar surface area (TPSA) is 107 Å². The molecule has 0 aliphatic heterocycles. The van der Waals surface area contributed by atoms with E-state index >= 15 is 0 Å². The van der Waals surface area contributed by atoms with Gasteiger partial charge in [0.2, 0.25) is 5.88 Å². The molecule has 9 heteroatoms. The van der Waals surface area contributed by atoms with E-state index in [1.807, 2.05) is 43.3 Å². The first kappa shape index (κ1) is 19.9. The summed E-state index contributed by atoms with van der Waals surface area (Å²) in [5, 5.41) is 10.6. The van der Waals surface area contributed by atoms with Gasteiger partial charge in [0.15, 0.2) is 0 Å². The summed E-state index contributed by atoms with van der Waals surface area (Å²) in [4.78, 5) is 12.1. The van der Waals surface area contributed by atoms with Crippen LogP contribution in [0.1, 0.15) is 11.1 Å². The molecule has 150 valence electrons. The molecule has 0 fully saturated rings. The van der Waals surface area contributed by atoms with E-state index in [2.05, 4.69) is 15.6 Å². The lowest BCUT2D eigenvalue weighted by atomic mass is 10.1. The van der Waals surface area contributed by atoms with Crippen molar-refractivity contribution < 1.29 is 19.0 Å². The van der Waals surface area contributed by atoms with E-state index in [4.69, 9.17) is 15.3 Å². The van der Waals surface area contributed by atoms with Gasteiger partial charge in [-0.25, -0.2) is 20.6 Å². The Bertz CT molecular complexity index is 1040. The average Bonchev–Trinajstić information content (AvgIpc) is 3.21. The van der Waals surface area contributed by atoms with Crippen LogP contribution < -0.4 is 20.6 Å². The number of para-hydroxylation sites is 2. The number of benzene rings is 2. The fraction of sp³-hybridized carbons (Fsp3) is 0.200. The Morgan fingerprint density at radius 1 is 1.24 bits per heavy atom. The standard InChI is InChI=1S/C20H22N6O3/c1-14-7-6-8-16(22-20(27)25(2)24-21)15(14)13-29-19-11-12-26(23-19)17-9-4-5-10-18(17)28-3/h4-12,21H,13H2,1-3H3,(H,22,27)/p+1. The summed E-state index contributed by atoms with van der Waals surface area (Å²) in [5.41, 5.74) is 3.23. The Balaban J connectivity index is 1.77. The van der Waals surface area contributed by atoms with Gasteiger partial charge >= 0.3 is 6.03 Å². The van der Waals surface area contributed by atoms with Crippen molar-refractivity contribution >= 4 is 11.7 Å². The predicted octanol–water partition coefficient (Wildman–Crippen LogP) is 3.27. The lowest BCUT2D eigenvalue weighted by Crippen LogP contribution is -2.23. The second-order valence-corrected chi connectivity index (χ2v) is 6.23. The summed E-state index contributed by atoms with van der Waals surface area (Å²) in [5.74, 6) is 6.30. The van der Waals surface area contributed by atoms with Crippen molar-refractivity contribution in [3.05, 3.63) is 65.9 Å². The number of rotatable bonds is 6. The maximum atomic E-state index is 12.1. The first-order valence-electron chi connectivity index (χ1n) is 8.89. The number of methoxy groups -OCH3 is 1. The summed E-state index contributed by atoms with van der Waals surface area (Å²) in [7, 11) is 3.08. The molecule has 1 heterocycles. The van der Waals surface area contributed by atoms with Crippen LogP contribution in [0.15, 0.2) is 60.0 Å². The van der Waals surface area contributed by atoms with Crippen molar-refractivity contribution in [3.63, 3.8) is 0 Å². The number of hydrogen-bond acceptors (Lipinski definition) is 5. The molecule has 0 aliphatic rings. The van der Waals surface area contributed by atoms with Crippen LogP contribution in [0, 0.1) is 6.92 Å². The molecule has 1 aromatic heterocycles. The smallest absolute Gasteiger partial charge is 0.459 e. The van der Waals surface area contributed by atoms with Crippen LogP contribution in [0.2, 0.25) is 0 Å². The molecule has 0 radical (unpaired) electrons. The number of nitrogens with zero attached hydrogens (tertiary/aromatic N) is 4. The van der Waals surface area contributed by atoms with E-state index in [-0.39, 0.29) is 6.61 Å². The van der Waals surface area contributed by atoms with Crippen LogP contribution in [0.3, 0.4) is 0 Å². The maximum absolute atomic E-state index is 12.1. The third kappa shape index (κ3) is 4.52. The highest BCUT2D eigenvalue weighted by Gasteiger charge is 2.16. The molecule has 9 nitrogen and oxygen atoms in total. The van der Waals surface area contributed by atoms with Gasteiger partial charge in [0.25, 0.3) is 0 Å². The van der Waals surface area contributed by atoms with Crippen LogP contribution in [0.25, 0.3) is 5.69 Å². The molecule has 0 spiro atoms. The Morgan fingerprint density at radius 2 is 2.03 bits per heavy atom. The number of aromatic nitrogens is 2. The Kier molecular flexibility index (Phi) is 6.08. The second kappa shape index (κ2) is 8.87. The van der Waals surface area contributed by atoms with Crippen LogP contribution in [0.5, 0.6) is 11.6 Å². The lowest BCUT2D eigenvalue weighted by Gasteiger charge is -2.11. The lowest BCUT2D eigenvalue weighted by molar-refractivity contribution is -0.466. The number of amides is 2. The molecule has 2 amide bonds. The summed E-state index contributed by atoms with van der Waals surface area (Å²) in [6, 6.07) is 14.5. The molecule has 0 saturated carbocycles. The number of nitrogens with two attached hydrogens (primary N) is 1. The van der Waals surface area contributed by atoms with Gasteiger partial charge < -0.3 is 9.47 Å². The first-order valence-corrected chi connectivity index (χ1v) is 8.89. The van der Waals surface area contributed by atoms with Crippen LogP contribution in [-0.2, 0) is 6.61 Å². The van der Waals surface area contributed by atoms with Crippen LogP contribution in [-0.4, -0.2) is 34.7 Å². The largest absolute Gasteiger partial charge is 0.494 e. The molecule has 3 rings (SSSR count). The number of anilines is 1. The van der Waals surface area contributed by atoms with Crippen molar-refractivity contribution in [2.75, 3.05) is 19.5 Å². The second-order valence-electron chi connectivity index (χ2n) is 6.23. The van der Waals surface area contributed by atoms with E-state index in [1.165, 1.54) is 7.05 Å². The van der Waals surface area contributed by atoms with Crippen LogP contribution >= 0.6 is 0 Å². The summed E-state index contributed by atoms with van der Waals surface area (Å²) < 4.78 is 13.9. The Morgan fingerprint density at radius 3 is 2.79 bits per heavy atom. The number of carbonyl (C=O) groups is 1. The zero-order valence-corrected chi connectivity index (χ0v) is 16.5. The normalized spacial score (nSPS) is 11.2. The minimum atomic E-state index is -0.445. The molecule has 2 aromatic carbocycles. The summed E-state index contributed by atoms with van der Waals surface area (Å²) >= 11 is 0. The minimum absolute atomic E-state index is 0.231. The van der Waals surface area contributed by atoms with Gasteiger partial charge in [-0.05, 0) is 30.7 Å². The van der Waals surface area contributed by atoms with Gasteiger partial charge in [0, 0.05) is 23.0 Å². The highest BCUT2D eigenvalue weighted by molar-refractivity contribution is 5.84. The van der Waals surface area contributed by atoms with Gasteiger partial charge in [-0.1, -0.05) is 24.3 Å². The van der Waals surface area contributed by atoms with Crippen molar-refractivity contribution in [3.8, 4) is 17.3 Å². The Hall–Kier alpha value is -3.88. The molecular formula is C20H23N6O3+. The molecule has 0 unspecified atom stereocenters. The van der Waals surface area contributed by atoms with E-state index in [0.29, 0.717) is 17.3 Å². The van der Waals surface area contributed by atoms with Gasteiger partial charge in [0.1, 0.15) is 23.7 Å². The molecule has 0 saturated heterocycles. The van der Waals surface area contributed by atoms with E-state index < -0.39 is 6.03 Å². The molecular weight excluding hydrogens is 372 g/mol. The van der Waals surface area contributed by atoms with Crippen molar-refractivity contribution in [2.24, 2.45) is 11.1 Å². The van der Waals surface area contributed by atoms with Gasteiger partial charge in [-0.2, -0.15) is 0 Å². The number of nitrogens with one attached hydrogen (secondary N) is 1. The minimum Gasteiger partial charge on any atom is -0.494 e. The van der Waals surface area contributed by atoms with Crippen molar-refractivity contribution in [1.29, 1.82) is 0 Å². The predicted molar refractivity (Wildman–Crippen MR) is 107 cm³/mol. The Labute approximate surface area is 168 Å². The van der Waals surface area contributed by atoms with Crippen LogP contribution in [0.4, 0.5) is 10.5 Å². The number of urea groups is 1. The highest BCUT2D eigenvalue weighted by atomic mass is 16.5. The maximum Gasteiger partial charge on any atom is 0.459 e. The third-order valence-corrected chi connectivity index (χ3v) is 4.38. The average molecular weight is 395 g/mol. The fourth-order valence-corrected chi connectivity index (χ4v) is 2.74. The molecule has 0 aliphatic carbocycles. The fourth-order valence-electron chi connectivity index (χ4n) is 2.74. The SMILES string of the molecule is COc1ccccc1-n1ccc(OCc2c(C)cccc2NC(=O)/[N+](C)=N\N)n1. The highest BCUT2D eigenvalue weighted by Crippen LogP contribution is 2.24. The van der Waals surface area contributed by atoms with E-state index in [1.54, 1.807) is 30.1 Å². The van der Waals surface area contributed by atoms with Gasteiger partial charge in [-0.3, -0.25) is 0 Å². The number of aryl methyl sites for hydroxylation is 1. The molecule has 0 atom stereocenters. The van der Waals surface area contributed by atoms with Gasteiger partial charge in [0.05, 0.1) is 14.2 Å². The number of carbonyl (C=O) groups excluding carboxylic acids is 1. The van der Waals surface area contributed by atoms with E-state index in [9.17, 15) is 4.79 Å². The molecule has 3 aromatic rings. The quantitative estimate of drug-likeness (QED) is 0.288. The van der Waals surface area contributed by atoms with Crippen molar-refractivity contribution in [2.45, 2.75) is 13.5 Å². The molecule has 3 N–H and O–H groups in total. The zero-order valence-electron chi connectivity index (χ0n) is 16.5. The van der Waals surface area contributed by atoms with Crippen molar-refractivity contribution in [1.82, 2.24) is 9.78 Å². The number of hydrogen-bond donors (Lipinski definition) is 2. The third-order valence-electron chi connectivity index (χ3n) is 4.38. The van der Waals surface area contributed by atoms with E-state index in [0.717, 1.165) is 21.5 Å². The summed E-state index contributed by atoms with van der Waals surface area (Å²) in [6.45, 7) is 2.17. The first-order chi connectivity index (χ1) is 14.0. The van der Waals surface area contributed by atoms with Gasteiger partial charge in [-0.15, -0.1) is 9.80 Å². The molecule has 29 heavy (non-hydrogen) atoms. The monoisotopic (exact) mass is 395 g/mol. The molecule has 0 bridgehead atoms.